The van der Waals surface area contributed by atoms with Gasteiger partial charge in [-0.25, -0.2) is 14.2 Å². The summed E-state index contributed by atoms with van der Waals surface area (Å²) in [6.07, 6.45) is -2.26. The number of carbonyl (C=O) groups is 2. The number of piperidine rings is 1. The Balaban J connectivity index is 0.00000541. The van der Waals surface area contributed by atoms with Gasteiger partial charge in [0.05, 0.1) is 49.5 Å². The molecule has 276 valence electrons. The smallest absolute Gasteiger partial charge is 0.416 e. The standard InChI is InChI=1S/C38H37F3N8O3.BrH/c1-42-28-13-15-30(16-14-28)47-32(17-20-43-47)35-34(37(52)48(45(35)2)31-12-8-11-27(23-31)38(39,40)41)36(51)44-29-18-21-46(22-19-29)33(50)25-49(3,4)24-26-9-6-5-7-10-26;/h5-17,20,23,29H,18-19,21-22,24-25H2,2-4H3;1H. The topological polar surface area (TPSA) is 98.5 Å². The fourth-order valence-corrected chi connectivity index (χ4v) is 6.70. The van der Waals surface area contributed by atoms with Gasteiger partial charge in [-0.1, -0.05) is 48.5 Å². The fourth-order valence-electron chi connectivity index (χ4n) is 6.70. The van der Waals surface area contributed by atoms with Crippen LogP contribution in [0.25, 0.3) is 27.6 Å². The average molecular weight is 792 g/mol. The van der Waals surface area contributed by atoms with Crippen molar-refractivity contribution in [2.75, 3.05) is 33.7 Å². The Hall–Kier alpha value is -5.46. The van der Waals surface area contributed by atoms with Crippen LogP contribution >= 0.6 is 0 Å². The number of aromatic nitrogens is 4. The Kier molecular flexibility index (Phi) is 11.4. The van der Waals surface area contributed by atoms with Crippen molar-refractivity contribution in [3.8, 4) is 22.8 Å². The quantitative estimate of drug-likeness (QED) is 0.184. The maximum absolute atomic E-state index is 14.2. The number of halogens is 4. The van der Waals surface area contributed by atoms with Crippen LogP contribution < -0.4 is 27.9 Å². The first-order chi connectivity index (χ1) is 24.8. The van der Waals surface area contributed by atoms with Crippen molar-refractivity contribution in [2.24, 2.45) is 7.05 Å². The van der Waals surface area contributed by atoms with E-state index in [-0.39, 0.29) is 45.9 Å². The number of nitrogens with zero attached hydrogens (tertiary/aromatic N) is 7. The third kappa shape index (κ3) is 8.45. The van der Waals surface area contributed by atoms with Gasteiger partial charge in [-0.3, -0.25) is 19.1 Å². The Labute approximate surface area is 315 Å². The monoisotopic (exact) mass is 790 g/mol. The van der Waals surface area contributed by atoms with Crippen LogP contribution in [0.3, 0.4) is 0 Å². The molecule has 6 rings (SSSR count). The number of amides is 2. The number of rotatable bonds is 9. The molecule has 3 aromatic carbocycles. The first-order valence-electron chi connectivity index (χ1n) is 16.7. The van der Waals surface area contributed by atoms with Crippen LogP contribution in [0.5, 0.6) is 0 Å². The molecule has 0 radical (unpaired) electrons. The molecule has 53 heavy (non-hydrogen) atoms. The van der Waals surface area contributed by atoms with Gasteiger partial charge in [0.25, 0.3) is 17.4 Å². The van der Waals surface area contributed by atoms with Gasteiger partial charge in [-0.2, -0.15) is 18.3 Å². The Bertz CT molecular complexity index is 2190. The molecule has 1 aliphatic rings. The van der Waals surface area contributed by atoms with Crippen LogP contribution in [0.2, 0.25) is 0 Å². The molecule has 0 spiro atoms. The van der Waals surface area contributed by atoms with Gasteiger partial charge in [0, 0.05) is 31.7 Å². The Morgan fingerprint density at radius 1 is 0.962 bits per heavy atom. The number of hydrogen-bond donors (Lipinski definition) is 1. The molecule has 2 aromatic heterocycles. The van der Waals surface area contributed by atoms with E-state index >= 15 is 0 Å². The van der Waals surface area contributed by atoms with Crippen molar-refractivity contribution in [3.63, 3.8) is 0 Å². The van der Waals surface area contributed by atoms with E-state index in [1.54, 1.807) is 35.2 Å². The molecule has 0 saturated carbocycles. The van der Waals surface area contributed by atoms with Crippen molar-refractivity contribution in [1.82, 2.24) is 29.4 Å². The summed E-state index contributed by atoms with van der Waals surface area (Å²) in [4.78, 5) is 46.8. The summed E-state index contributed by atoms with van der Waals surface area (Å²) in [5, 5.41) is 7.37. The summed E-state index contributed by atoms with van der Waals surface area (Å²) < 4.78 is 45.5. The summed E-state index contributed by atoms with van der Waals surface area (Å²) in [5.41, 5.74) is 0.462. The molecule has 3 heterocycles. The molecule has 1 fully saturated rings. The van der Waals surface area contributed by atoms with Crippen LogP contribution in [-0.2, 0) is 24.6 Å². The third-order valence-electron chi connectivity index (χ3n) is 9.22. The van der Waals surface area contributed by atoms with Crippen molar-refractivity contribution in [3.05, 3.63) is 130 Å². The molecule has 0 bridgehead atoms. The Morgan fingerprint density at radius 2 is 1.64 bits per heavy atom. The van der Waals surface area contributed by atoms with Gasteiger partial charge >= 0.3 is 6.18 Å². The zero-order chi connectivity index (χ0) is 37.2. The van der Waals surface area contributed by atoms with Crippen LogP contribution in [-0.4, -0.2) is 80.1 Å². The highest BCUT2D eigenvalue weighted by atomic mass is 79.9. The molecule has 1 saturated heterocycles. The second-order valence-corrected chi connectivity index (χ2v) is 13.5. The normalized spacial score (nSPS) is 13.6. The van der Waals surface area contributed by atoms with Crippen LogP contribution in [0.15, 0.2) is 95.9 Å². The highest BCUT2D eigenvalue weighted by Crippen LogP contribution is 2.32. The van der Waals surface area contributed by atoms with Crippen LogP contribution in [0.4, 0.5) is 18.9 Å². The summed E-state index contributed by atoms with van der Waals surface area (Å²) in [6.45, 7) is 9.10. The lowest BCUT2D eigenvalue weighted by atomic mass is 10.0. The van der Waals surface area contributed by atoms with Crippen molar-refractivity contribution in [2.45, 2.75) is 31.6 Å². The molecule has 0 aliphatic carbocycles. The molecule has 11 nitrogen and oxygen atoms in total. The molecular formula is C38H38BrF3N8O3. The SMILES string of the molecule is [Br-].[C-]#[N+]c1ccc(-n2nccc2-c2c(C(=O)NC3CCN(C(=O)C[N+](C)(C)Cc4ccccc4)CC3)c(=O)n(-c3cccc(C(F)(F)F)c3)n2C)cc1. The minimum atomic E-state index is -4.66. The molecular weight excluding hydrogens is 753 g/mol. The predicted octanol–water partition coefficient (Wildman–Crippen LogP) is 2.60. The zero-order valence-electron chi connectivity index (χ0n) is 29.3. The molecule has 2 amide bonds. The number of likely N-dealkylation sites (N-methyl/N-ethyl adjacent to an activating group) is 1. The summed E-state index contributed by atoms with van der Waals surface area (Å²) >= 11 is 0. The van der Waals surface area contributed by atoms with E-state index in [0.717, 1.165) is 22.4 Å². The maximum Gasteiger partial charge on any atom is 0.416 e. The first kappa shape index (κ1) is 38.8. The predicted molar refractivity (Wildman–Crippen MR) is 189 cm³/mol. The molecule has 5 aromatic rings. The van der Waals surface area contributed by atoms with E-state index in [0.29, 0.717) is 60.6 Å². The molecule has 1 N–H and O–H groups in total. The van der Waals surface area contributed by atoms with E-state index in [1.807, 2.05) is 44.4 Å². The lowest BCUT2D eigenvalue weighted by Crippen LogP contribution is -3.00. The number of carbonyl (C=O) groups excluding carboxylic acids is 2. The van der Waals surface area contributed by atoms with Gasteiger partial charge in [-0.15, -0.1) is 0 Å². The summed E-state index contributed by atoms with van der Waals surface area (Å²) in [5.74, 6) is -0.680. The van der Waals surface area contributed by atoms with E-state index in [4.69, 9.17) is 6.57 Å². The van der Waals surface area contributed by atoms with Crippen LogP contribution in [0.1, 0.15) is 34.3 Å². The lowest BCUT2D eigenvalue weighted by molar-refractivity contribution is -0.896. The van der Waals surface area contributed by atoms with Gasteiger partial charge in [0.1, 0.15) is 17.8 Å². The minimum absolute atomic E-state index is 0. The summed E-state index contributed by atoms with van der Waals surface area (Å²) in [7, 11) is 5.51. The largest absolute Gasteiger partial charge is 1.00 e. The molecule has 15 heteroatoms. The highest BCUT2D eigenvalue weighted by Gasteiger charge is 2.34. The first-order valence-corrected chi connectivity index (χ1v) is 16.7. The maximum atomic E-state index is 14.2. The second kappa shape index (κ2) is 15.6. The van der Waals surface area contributed by atoms with Gasteiger partial charge in [-0.05, 0) is 49.2 Å². The van der Waals surface area contributed by atoms with Crippen LogP contribution in [0, 0.1) is 6.57 Å². The number of nitrogens with one attached hydrogen (secondary N) is 1. The minimum Gasteiger partial charge on any atom is -1.00 e. The highest BCUT2D eigenvalue weighted by molar-refractivity contribution is 6.00. The van der Waals surface area contributed by atoms with Crippen molar-refractivity contribution >= 4 is 17.5 Å². The second-order valence-electron chi connectivity index (χ2n) is 13.5. The number of alkyl halides is 3. The lowest BCUT2D eigenvalue weighted by Gasteiger charge is -2.35. The van der Waals surface area contributed by atoms with Gasteiger partial charge in [0.2, 0.25) is 0 Å². The number of benzene rings is 3. The van der Waals surface area contributed by atoms with E-state index in [9.17, 15) is 27.6 Å². The van der Waals surface area contributed by atoms with Crippen molar-refractivity contribution < 1.29 is 44.2 Å². The average Bonchev–Trinajstić information content (AvgIpc) is 3.69. The Morgan fingerprint density at radius 3 is 2.28 bits per heavy atom. The number of hydrogen-bond acceptors (Lipinski definition) is 4. The zero-order valence-corrected chi connectivity index (χ0v) is 30.9. The fraction of sp³-hybridized carbons (Fsp3) is 0.289. The molecule has 1 aliphatic heterocycles. The number of quaternary nitrogens is 1. The van der Waals surface area contributed by atoms with Gasteiger partial charge in [0.15, 0.2) is 12.2 Å². The van der Waals surface area contributed by atoms with E-state index in [1.165, 1.54) is 34.7 Å². The van der Waals surface area contributed by atoms with E-state index < -0.39 is 23.2 Å². The van der Waals surface area contributed by atoms with Gasteiger partial charge < -0.3 is 31.7 Å². The summed E-state index contributed by atoms with van der Waals surface area (Å²) in [6, 6.07) is 22.1. The molecule has 0 unspecified atom stereocenters. The molecule has 0 atom stereocenters. The third-order valence-corrected chi connectivity index (χ3v) is 9.22. The van der Waals surface area contributed by atoms with E-state index in [2.05, 4.69) is 15.3 Å². The number of likely N-dealkylation sites (tertiary alicyclic amines) is 1. The van der Waals surface area contributed by atoms with Crippen molar-refractivity contribution in [1.29, 1.82) is 0 Å².